The molecule has 23 heavy (non-hydrogen) atoms. The Morgan fingerprint density at radius 2 is 1.61 bits per heavy atom. The van der Waals surface area contributed by atoms with Gasteiger partial charge >= 0.3 is 0 Å². The van der Waals surface area contributed by atoms with E-state index in [1.54, 1.807) is 0 Å². The summed E-state index contributed by atoms with van der Waals surface area (Å²) >= 11 is 0. The number of hydrogen-bond acceptors (Lipinski definition) is 2. The summed E-state index contributed by atoms with van der Waals surface area (Å²) in [6.07, 6.45) is 6.44. The second-order valence-corrected chi connectivity index (χ2v) is 6.44. The number of benzene rings is 2. The van der Waals surface area contributed by atoms with E-state index >= 15 is 0 Å². The molecule has 2 nitrogen and oxygen atoms in total. The first kappa shape index (κ1) is 14.3. The molecule has 0 unspecified atom stereocenters. The molecule has 0 bridgehead atoms. The van der Waals surface area contributed by atoms with Gasteiger partial charge in [-0.15, -0.1) is 0 Å². The van der Waals surface area contributed by atoms with Crippen LogP contribution in [0.3, 0.4) is 0 Å². The number of anilines is 1. The summed E-state index contributed by atoms with van der Waals surface area (Å²) in [5, 5.41) is 0. The molecule has 4 rings (SSSR count). The number of Topliss-reactive ketones (excluding diaryl/α,β-unsaturated/α-hetero) is 1. The maximum Gasteiger partial charge on any atom is 0.189 e. The van der Waals surface area contributed by atoms with Crippen LogP contribution < -0.4 is 4.90 Å². The van der Waals surface area contributed by atoms with Gasteiger partial charge in [-0.1, -0.05) is 36.4 Å². The fourth-order valence-electron chi connectivity index (χ4n) is 3.61. The van der Waals surface area contributed by atoms with Crippen molar-refractivity contribution in [1.82, 2.24) is 0 Å². The molecule has 0 atom stereocenters. The number of ketones is 1. The van der Waals surface area contributed by atoms with Gasteiger partial charge in [-0.05, 0) is 55.0 Å². The zero-order chi connectivity index (χ0) is 15.6. The summed E-state index contributed by atoms with van der Waals surface area (Å²) in [6.45, 7) is 2.32. The van der Waals surface area contributed by atoms with E-state index in [4.69, 9.17) is 0 Å². The summed E-state index contributed by atoms with van der Waals surface area (Å²) < 4.78 is 0. The van der Waals surface area contributed by atoms with E-state index in [0.717, 1.165) is 42.6 Å². The SMILES string of the molecule is O=C1/C(=C/c2ccc(N3CCCC3)cc2)CCc2ccccc21. The molecule has 2 aromatic rings. The maximum absolute atomic E-state index is 12.6. The minimum absolute atomic E-state index is 0.190. The molecule has 1 saturated heterocycles. The second kappa shape index (κ2) is 6.04. The van der Waals surface area contributed by atoms with Crippen molar-refractivity contribution in [1.29, 1.82) is 0 Å². The second-order valence-electron chi connectivity index (χ2n) is 6.44. The van der Waals surface area contributed by atoms with E-state index in [0.29, 0.717) is 0 Å². The number of fused-ring (bicyclic) bond motifs is 1. The van der Waals surface area contributed by atoms with Crippen molar-refractivity contribution < 1.29 is 4.79 Å². The highest BCUT2D eigenvalue weighted by Crippen LogP contribution is 2.27. The highest BCUT2D eigenvalue weighted by atomic mass is 16.1. The van der Waals surface area contributed by atoms with Crippen LogP contribution in [0.25, 0.3) is 6.08 Å². The molecule has 1 fully saturated rings. The van der Waals surface area contributed by atoms with Crippen molar-refractivity contribution in [2.75, 3.05) is 18.0 Å². The number of carbonyl (C=O) groups is 1. The van der Waals surface area contributed by atoms with Crippen molar-refractivity contribution in [3.8, 4) is 0 Å². The molecule has 0 radical (unpaired) electrons. The lowest BCUT2D eigenvalue weighted by Gasteiger charge is -2.18. The van der Waals surface area contributed by atoms with Crippen LogP contribution in [-0.4, -0.2) is 18.9 Å². The van der Waals surface area contributed by atoms with Crippen LogP contribution in [0.2, 0.25) is 0 Å². The molecule has 2 heteroatoms. The van der Waals surface area contributed by atoms with E-state index in [1.807, 2.05) is 18.2 Å². The molecule has 0 amide bonds. The van der Waals surface area contributed by atoms with Crippen molar-refractivity contribution in [2.45, 2.75) is 25.7 Å². The van der Waals surface area contributed by atoms with E-state index < -0.39 is 0 Å². The third kappa shape index (κ3) is 2.81. The van der Waals surface area contributed by atoms with Crippen molar-refractivity contribution in [3.05, 3.63) is 70.8 Å². The molecular weight excluding hydrogens is 282 g/mol. The van der Waals surface area contributed by atoms with Crippen molar-refractivity contribution >= 4 is 17.5 Å². The zero-order valence-corrected chi connectivity index (χ0v) is 13.3. The Hall–Kier alpha value is -2.35. The van der Waals surface area contributed by atoms with Crippen LogP contribution in [0.5, 0.6) is 0 Å². The number of rotatable bonds is 2. The van der Waals surface area contributed by atoms with Crippen LogP contribution in [0, 0.1) is 0 Å². The molecule has 0 spiro atoms. The largest absolute Gasteiger partial charge is 0.372 e. The lowest BCUT2D eigenvalue weighted by Crippen LogP contribution is -2.17. The fourth-order valence-corrected chi connectivity index (χ4v) is 3.61. The molecule has 2 aliphatic rings. The van der Waals surface area contributed by atoms with E-state index in [9.17, 15) is 4.79 Å². The Labute approximate surface area is 137 Å². The summed E-state index contributed by atoms with van der Waals surface area (Å²) in [5.41, 5.74) is 5.40. The standard InChI is InChI=1S/C21H21NO/c23-21-18(10-9-17-5-1-2-6-20(17)21)15-16-7-11-19(12-8-16)22-13-3-4-14-22/h1-2,5-8,11-12,15H,3-4,9-10,13-14H2/b18-15+. The third-order valence-corrected chi connectivity index (χ3v) is 4.92. The molecule has 1 aliphatic carbocycles. The van der Waals surface area contributed by atoms with Gasteiger partial charge in [-0.3, -0.25) is 4.79 Å². The predicted molar refractivity (Wildman–Crippen MR) is 95.0 cm³/mol. The van der Waals surface area contributed by atoms with Gasteiger partial charge in [0, 0.05) is 29.9 Å². The normalized spacial score (nSPS) is 19.2. The van der Waals surface area contributed by atoms with Gasteiger partial charge in [0.05, 0.1) is 0 Å². The topological polar surface area (TPSA) is 20.3 Å². The van der Waals surface area contributed by atoms with Crippen molar-refractivity contribution in [3.63, 3.8) is 0 Å². The Kier molecular flexibility index (Phi) is 3.74. The van der Waals surface area contributed by atoms with Gasteiger partial charge in [0.2, 0.25) is 0 Å². The lowest BCUT2D eigenvalue weighted by molar-refractivity contribution is 0.102. The summed E-state index contributed by atoms with van der Waals surface area (Å²) in [7, 11) is 0. The first-order valence-electron chi connectivity index (χ1n) is 8.49. The Morgan fingerprint density at radius 3 is 2.39 bits per heavy atom. The Bertz CT molecular complexity index is 752. The fraction of sp³-hybridized carbons (Fsp3) is 0.286. The number of carbonyl (C=O) groups excluding carboxylic acids is 1. The Morgan fingerprint density at radius 1 is 0.870 bits per heavy atom. The minimum atomic E-state index is 0.190. The van der Waals surface area contributed by atoms with E-state index in [-0.39, 0.29) is 5.78 Å². The van der Waals surface area contributed by atoms with Crippen LogP contribution in [0.15, 0.2) is 54.1 Å². The van der Waals surface area contributed by atoms with Crippen LogP contribution in [0.1, 0.15) is 40.7 Å². The number of aryl methyl sites for hydroxylation is 1. The monoisotopic (exact) mass is 303 g/mol. The summed E-state index contributed by atoms with van der Waals surface area (Å²) in [5.74, 6) is 0.190. The highest BCUT2D eigenvalue weighted by molar-refractivity contribution is 6.13. The number of nitrogens with zero attached hydrogens (tertiary/aromatic N) is 1. The molecule has 0 aromatic heterocycles. The third-order valence-electron chi connectivity index (χ3n) is 4.92. The molecule has 116 valence electrons. The zero-order valence-electron chi connectivity index (χ0n) is 13.3. The molecule has 1 aliphatic heterocycles. The summed E-state index contributed by atoms with van der Waals surface area (Å²) in [6, 6.07) is 16.6. The van der Waals surface area contributed by atoms with E-state index in [1.165, 1.54) is 24.1 Å². The molecular formula is C21H21NO. The first-order chi connectivity index (χ1) is 11.3. The quantitative estimate of drug-likeness (QED) is 0.761. The van der Waals surface area contributed by atoms with Gasteiger partial charge in [-0.2, -0.15) is 0 Å². The van der Waals surface area contributed by atoms with Gasteiger partial charge in [-0.25, -0.2) is 0 Å². The van der Waals surface area contributed by atoms with Gasteiger partial charge in [0.15, 0.2) is 5.78 Å². The van der Waals surface area contributed by atoms with Crippen LogP contribution in [-0.2, 0) is 6.42 Å². The average Bonchev–Trinajstić information content (AvgIpc) is 3.13. The predicted octanol–water partition coefficient (Wildman–Crippen LogP) is 4.50. The van der Waals surface area contributed by atoms with Crippen molar-refractivity contribution in [2.24, 2.45) is 0 Å². The van der Waals surface area contributed by atoms with E-state index in [2.05, 4.69) is 41.3 Å². The molecule has 0 N–H and O–H groups in total. The smallest absolute Gasteiger partial charge is 0.189 e. The van der Waals surface area contributed by atoms with Gasteiger partial charge in [0.25, 0.3) is 0 Å². The van der Waals surface area contributed by atoms with Gasteiger partial charge in [0.1, 0.15) is 0 Å². The first-order valence-corrected chi connectivity index (χ1v) is 8.49. The van der Waals surface area contributed by atoms with Crippen LogP contribution >= 0.6 is 0 Å². The van der Waals surface area contributed by atoms with Gasteiger partial charge < -0.3 is 4.90 Å². The molecule has 1 heterocycles. The van der Waals surface area contributed by atoms with Crippen LogP contribution in [0.4, 0.5) is 5.69 Å². The minimum Gasteiger partial charge on any atom is -0.372 e. The highest BCUT2D eigenvalue weighted by Gasteiger charge is 2.21. The average molecular weight is 303 g/mol. The molecule has 0 saturated carbocycles. The maximum atomic E-state index is 12.6. The number of allylic oxidation sites excluding steroid dienone is 1. The lowest BCUT2D eigenvalue weighted by atomic mass is 9.86. The molecule has 2 aromatic carbocycles. The Balaban J connectivity index is 1.57. The summed E-state index contributed by atoms with van der Waals surface area (Å²) in [4.78, 5) is 15.1. The number of hydrogen-bond donors (Lipinski definition) is 0.